The average molecular weight is 450 g/mol. The topological polar surface area (TPSA) is 36.4 Å². The summed E-state index contributed by atoms with van der Waals surface area (Å²) >= 11 is 3.28. The number of nitrogens with zero attached hydrogens (tertiary/aromatic N) is 3. The summed E-state index contributed by atoms with van der Waals surface area (Å²) in [7, 11) is 4.05. The van der Waals surface area contributed by atoms with E-state index < -0.39 is 0 Å². The normalized spacial score (nSPS) is 11.0. The van der Waals surface area contributed by atoms with E-state index in [0.29, 0.717) is 13.0 Å². The van der Waals surface area contributed by atoms with Gasteiger partial charge < -0.3 is 4.90 Å². The number of benzene rings is 2. The van der Waals surface area contributed by atoms with Crippen molar-refractivity contribution in [3.8, 4) is 0 Å². The Kier molecular flexibility index (Phi) is 8.52. The summed E-state index contributed by atoms with van der Waals surface area (Å²) in [4.78, 5) is 23.2. The molecule has 1 aromatic heterocycles. The van der Waals surface area contributed by atoms with Crippen LogP contribution in [0.1, 0.15) is 16.7 Å². The number of thioether (sulfide) groups is 1. The molecule has 0 aliphatic heterocycles. The average Bonchev–Trinajstić information content (AvgIpc) is 3.07. The van der Waals surface area contributed by atoms with Gasteiger partial charge in [0.05, 0.1) is 16.6 Å². The molecule has 2 aromatic carbocycles. The maximum absolute atomic E-state index is 13.3. The second-order valence-electron chi connectivity index (χ2n) is 7.26. The largest absolute Gasteiger partial charge is 0.308 e. The van der Waals surface area contributed by atoms with E-state index in [4.69, 9.17) is 4.98 Å². The minimum atomic E-state index is 0. The van der Waals surface area contributed by atoms with Gasteiger partial charge in [-0.05, 0) is 57.5 Å². The molecule has 0 radical (unpaired) electrons. The zero-order valence-electron chi connectivity index (χ0n) is 17.6. The van der Waals surface area contributed by atoms with Gasteiger partial charge in [0, 0.05) is 18.0 Å². The number of para-hydroxylation sites is 1. The molecule has 0 saturated heterocycles. The van der Waals surface area contributed by atoms with Gasteiger partial charge in [0.1, 0.15) is 0 Å². The lowest BCUT2D eigenvalue weighted by molar-refractivity contribution is -0.118. The summed E-state index contributed by atoms with van der Waals surface area (Å²) in [6.45, 7) is 5.57. The van der Waals surface area contributed by atoms with E-state index in [1.54, 1.807) is 23.1 Å². The standard InChI is InChI=1S/C22H27N3OS2.ClH/c1-15-9-10-17(16(2)13-15)14-20(26)25(12-11-24(3)4)22-23-21-18(27-5)7-6-8-19(21)28-22;/h6-10,13H,11-12,14H2,1-5H3;1H. The summed E-state index contributed by atoms with van der Waals surface area (Å²) in [6, 6.07) is 12.5. The predicted molar refractivity (Wildman–Crippen MR) is 129 cm³/mol. The highest BCUT2D eigenvalue weighted by Crippen LogP contribution is 2.34. The van der Waals surface area contributed by atoms with E-state index >= 15 is 0 Å². The number of amides is 1. The highest BCUT2D eigenvalue weighted by Gasteiger charge is 2.21. The molecule has 0 fully saturated rings. The maximum atomic E-state index is 13.3. The summed E-state index contributed by atoms with van der Waals surface area (Å²) in [5, 5.41) is 0.785. The van der Waals surface area contributed by atoms with Crippen LogP contribution in [0.25, 0.3) is 10.2 Å². The third kappa shape index (κ3) is 5.72. The van der Waals surface area contributed by atoms with E-state index in [1.807, 2.05) is 19.0 Å². The van der Waals surface area contributed by atoms with Crippen molar-refractivity contribution in [3.63, 3.8) is 0 Å². The molecule has 0 aliphatic rings. The van der Waals surface area contributed by atoms with Crippen LogP contribution in [0.5, 0.6) is 0 Å². The van der Waals surface area contributed by atoms with Crippen LogP contribution >= 0.6 is 35.5 Å². The number of carbonyl (C=O) groups is 1. The Hall–Kier alpha value is -1.60. The Morgan fingerprint density at radius 2 is 1.90 bits per heavy atom. The fourth-order valence-corrected chi connectivity index (χ4v) is 4.79. The first-order valence-corrected chi connectivity index (χ1v) is 11.4. The molecule has 3 aromatic rings. The van der Waals surface area contributed by atoms with Gasteiger partial charge in [0.2, 0.25) is 5.91 Å². The number of likely N-dealkylation sites (N-methyl/N-ethyl adjacent to an activating group) is 1. The number of hydrogen-bond donors (Lipinski definition) is 0. The van der Waals surface area contributed by atoms with Crippen molar-refractivity contribution in [1.29, 1.82) is 0 Å². The molecule has 3 rings (SSSR count). The Balaban J connectivity index is 0.00000300. The van der Waals surface area contributed by atoms with Crippen LogP contribution in [0.15, 0.2) is 41.3 Å². The smallest absolute Gasteiger partial charge is 0.233 e. The molecule has 0 N–H and O–H groups in total. The van der Waals surface area contributed by atoms with Crippen molar-refractivity contribution in [2.24, 2.45) is 0 Å². The monoisotopic (exact) mass is 449 g/mol. The van der Waals surface area contributed by atoms with Crippen LogP contribution < -0.4 is 4.90 Å². The first-order valence-electron chi connectivity index (χ1n) is 9.34. The molecule has 0 atom stereocenters. The SMILES string of the molecule is CSc1cccc2sc(N(CCN(C)C)C(=O)Cc3ccc(C)cc3C)nc12.Cl. The van der Waals surface area contributed by atoms with Crippen molar-refractivity contribution in [3.05, 3.63) is 53.1 Å². The van der Waals surface area contributed by atoms with Gasteiger partial charge >= 0.3 is 0 Å². The van der Waals surface area contributed by atoms with Crippen molar-refractivity contribution < 1.29 is 4.79 Å². The van der Waals surface area contributed by atoms with Crippen LogP contribution in [0, 0.1) is 13.8 Å². The zero-order valence-corrected chi connectivity index (χ0v) is 20.0. The summed E-state index contributed by atoms with van der Waals surface area (Å²) in [5.74, 6) is 0.0959. The first-order chi connectivity index (χ1) is 13.4. The van der Waals surface area contributed by atoms with E-state index in [0.717, 1.165) is 37.9 Å². The van der Waals surface area contributed by atoms with Gasteiger partial charge in [-0.3, -0.25) is 9.69 Å². The number of hydrogen-bond acceptors (Lipinski definition) is 5. The molecule has 0 bridgehead atoms. The molecule has 0 saturated carbocycles. The van der Waals surface area contributed by atoms with Crippen molar-refractivity contribution >= 4 is 56.8 Å². The van der Waals surface area contributed by atoms with Crippen LogP contribution in [-0.2, 0) is 11.2 Å². The fourth-order valence-electron chi connectivity index (χ4n) is 3.12. The molecule has 1 heterocycles. The Morgan fingerprint density at radius 3 is 2.55 bits per heavy atom. The molecule has 156 valence electrons. The van der Waals surface area contributed by atoms with Gasteiger partial charge in [-0.1, -0.05) is 41.2 Å². The molecule has 1 amide bonds. The quantitative estimate of drug-likeness (QED) is 0.465. The minimum absolute atomic E-state index is 0. The zero-order chi connectivity index (χ0) is 20.3. The summed E-state index contributed by atoms with van der Waals surface area (Å²) in [5.41, 5.74) is 4.45. The number of aryl methyl sites for hydroxylation is 2. The van der Waals surface area contributed by atoms with Crippen molar-refractivity contribution in [1.82, 2.24) is 9.88 Å². The van der Waals surface area contributed by atoms with E-state index in [9.17, 15) is 4.79 Å². The Labute approximate surface area is 187 Å². The van der Waals surface area contributed by atoms with Crippen LogP contribution in [0.4, 0.5) is 5.13 Å². The lowest BCUT2D eigenvalue weighted by Crippen LogP contribution is -2.37. The van der Waals surface area contributed by atoms with Crippen LogP contribution in [0.3, 0.4) is 0 Å². The van der Waals surface area contributed by atoms with E-state index in [1.165, 1.54) is 5.56 Å². The molecule has 29 heavy (non-hydrogen) atoms. The molecule has 7 heteroatoms. The summed E-state index contributed by atoms with van der Waals surface area (Å²) < 4.78 is 1.12. The molecule has 0 unspecified atom stereocenters. The van der Waals surface area contributed by atoms with Gasteiger partial charge in [0.25, 0.3) is 0 Å². The second kappa shape index (κ2) is 10.4. The molecular weight excluding hydrogens is 422 g/mol. The number of anilines is 1. The third-order valence-corrected chi connectivity index (χ3v) is 6.55. The van der Waals surface area contributed by atoms with Crippen LogP contribution in [0.2, 0.25) is 0 Å². The number of aromatic nitrogens is 1. The van der Waals surface area contributed by atoms with E-state index in [2.05, 4.69) is 61.4 Å². The lowest BCUT2D eigenvalue weighted by Gasteiger charge is -2.22. The first kappa shape index (κ1) is 23.7. The number of rotatable bonds is 7. The van der Waals surface area contributed by atoms with Gasteiger partial charge in [-0.25, -0.2) is 4.98 Å². The van der Waals surface area contributed by atoms with Crippen molar-refractivity contribution in [2.75, 3.05) is 38.3 Å². The predicted octanol–water partition coefficient (Wildman–Crippen LogP) is 5.19. The summed E-state index contributed by atoms with van der Waals surface area (Å²) in [6.07, 6.45) is 2.45. The fraction of sp³-hybridized carbons (Fsp3) is 0.364. The molecule has 0 aliphatic carbocycles. The number of thiazole rings is 1. The second-order valence-corrected chi connectivity index (χ2v) is 9.12. The van der Waals surface area contributed by atoms with Gasteiger partial charge in [-0.2, -0.15) is 0 Å². The highest BCUT2D eigenvalue weighted by molar-refractivity contribution is 7.98. The highest BCUT2D eigenvalue weighted by atomic mass is 35.5. The Morgan fingerprint density at radius 1 is 1.14 bits per heavy atom. The van der Waals surface area contributed by atoms with Gasteiger partial charge in [0.15, 0.2) is 5.13 Å². The third-order valence-electron chi connectivity index (χ3n) is 4.73. The van der Waals surface area contributed by atoms with E-state index in [-0.39, 0.29) is 18.3 Å². The lowest BCUT2D eigenvalue weighted by atomic mass is 10.0. The molecule has 0 spiro atoms. The van der Waals surface area contributed by atoms with Gasteiger partial charge in [-0.15, -0.1) is 24.2 Å². The Bertz CT molecular complexity index is 987. The number of fused-ring (bicyclic) bond motifs is 1. The maximum Gasteiger partial charge on any atom is 0.233 e. The molecule has 4 nitrogen and oxygen atoms in total. The van der Waals surface area contributed by atoms with Crippen molar-refractivity contribution in [2.45, 2.75) is 25.2 Å². The molecular formula is C22H28ClN3OS2. The number of carbonyl (C=O) groups excluding carboxylic acids is 1. The van der Waals surface area contributed by atoms with Crippen LogP contribution in [-0.4, -0.2) is 49.2 Å². The number of halogens is 1. The minimum Gasteiger partial charge on any atom is -0.308 e.